The lowest BCUT2D eigenvalue weighted by Crippen LogP contribution is -2.53. The van der Waals surface area contributed by atoms with Crippen molar-refractivity contribution in [2.45, 2.75) is 24.8 Å². The third kappa shape index (κ3) is 4.48. The van der Waals surface area contributed by atoms with E-state index >= 15 is 4.39 Å². The van der Waals surface area contributed by atoms with E-state index < -0.39 is 33.0 Å². The van der Waals surface area contributed by atoms with Gasteiger partial charge in [-0.2, -0.15) is 0 Å². The van der Waals surface area contributed by atoms with E-state index in [9.17, 15) is 13.2 Å². The van der Waals surface area contributed by atoms with Crippen molar-refractivity contribution in [2.75, 3.05) is 18.8 Å². The van der Waals surface area contributed by atoms with Crippen LogP contribution >= 0.6 is 38.9 Å². The van der Waals surface area contributed by atoms with Gasteiger partial charge in [-0.05, 0) is 52.2 Å². The molecule has 4 rings (SSSR count). The quantitative estimate of drug-likeness (QED) is 0.402. The molecule has 1 amide bonds. The second kappa shape index (κ2) is 9.09. The predicted octanol–water partition coefficient (Wildman–Crippen LogP) is 5.71. The van der Waals surface area contributed by atoms with E-state index in [1.165, 1.54) is 17.2 Å². The number of aromatic nitrogens is 1. The first-order chi connectivity index (χ1) is 15.5. The molecule has 0 unspecified atom stereocenters. The first kappa shape index (κ1) is 24.3. The largest absolute Gasteiger partial charge is 0.333 e. The highest BCUT2D eigenvalue weighted by atomic mass is 79.9. The molecule has 3 aromatic rings. The van der Waals surface area contributed by atoms with Gasteiger partial charge in [0, 0.05) is 33.6 Å². The third-order valence-electron chi connectivity index (χ3n) is 5.90. The second-order valence-electron chi connectivity index (χ2n) is 8.05. The lowest BCUT2D eigenvalue weighted by atomic mass is 9.96. The SMILES string of the molecule is Cc1ccccc1[C@@H](C)c1cnc([C@]2(F)CN(C(=O)c3ccc(Br)c(Cl)c3)CCS2(=O)=O)s1. The first-order valence-electron chi connectivity index (χ1n) is 10.2. The summed E-state index contributed by atoms with van der Waals surface area (Å²) in [5.74, 6) is -1.04. The Balaban J connectivity index is 1.65. The van der Waals surface area contributed by atoms with Crippen molar-refractivity contribution in [1.29, 1.82) is 0 Å². The summed E-state index contributed by atoms with van der Waals surface area (Å²) in [5.41, 5.74) is 2.42. The van der Waals surface area contributed by atoms with Crippen molar-refractivity contribution in [3.63, 3.8) is 0 Å². The summed E-state index contributed by atoms with van der Waals surface area (Å²) in [6.45, 7) is 3.26. The number of halogens is 3. The molecular formula is C23H21BrClFN2O3S2. The van der Waals surface area contributed by atoms with Crippen molar-refractivity contribution < 1.29 is 17.6 Å². The summed E-state index contributed by atoms with van der Waals surface area (Å²) in [4.78, 5) is 19.2. The summed E-state index contributed by atoms with van der Waals surface area (Å²) in [6, 6.07) is 12.5. The van der Waals surface area contributed by atoms with Crippen molar-refractivity contribution in [3.8, 4) is 0 Å². The monoisotopic (exact) mass is 570 g/mol. The molecule has 33 heavy (non-hydrogen) atoms. The lowest BCUT2D eigenvalue weighted by Gasteiger charge is -2.35. The van der Waals surface area contributed by atoms with Crippen LogP contribution in [0.3, 0.4) is 0 Å². The van der Waals surface area contributed by atoms with Crippen molar-refractivity contribution >= 4 is 54.6 Å². The summed E-state index contributed by atoms with van der Waals surface area (Å²) < 4.78 is 42.5. The van der Waals surface area contributed by atoms with Crippen LogP contribution < -0.4 is 0 Å². The van der Waals surface area contributed by atoms with Gasteiger partial charge in [0.25, 0.3) is 10.9 Å². The Morgan fingerprint density at radius 3 is 2.73 bits per heavy atom. The number of carbonyl (C=O) groups excluding carboxylic acids is 1. The Hall–Kier alpha value is -1.81. The van der Waals surface area contributed by atoms with Crippen LogP contribution in [0.25, 0.3) is 0 Å². The fraction of sp³-hybridized carbons (Fsp3) is 0.304. The van der Waals surface area contributed by atoms with E-state index in [1.54, 1.807) is 12.1 Å². The summed E-state index contributed by atoms with van der Waals surface area (Å²) in [7, 11) is -4.17. The van der Waals surface area contributed by atoms with Crippen LogP contribution in [0.15, 0.2) is 53.1 Å². The molecule has 5 nitrogen and oxygen atoms in total. The normalized spacial score (nSPS) is 21.1. The van der Waals surface area contributed by atoms with Crippen LogP contribution in [0.2, 0.25) is 5.02 Å². The fourth-order valence-corrected chi connectivity index (χ4v) is 7.23. The lowest BCUT2D eigenvalue weighted by molar-refractivity contribution is 0.0666. The number of benzene rings is 2. The van der Waals surface area contributed by atoms with Crippen LogP contribution in [-0.4, -0.2) is 43.1 Å². The van der Waals surface area contributed by atoms with E-state index in [-0.39, 0.29) is 23.0 Å². The standard InChI is InChI=1S/C23H21BrClFN2O3S2/c1-14-5-3-4-6-17(14)15(2)20-12-27-22(32-20)23(26)13-28(9-10-33(23,30)31)21(29)16-7-8-18(24)19(25)11-16/h3-8,11-12,15H,9-10,13H2,1-2H3/t15-,23+/m1/s1. The van der Waals surface area contributed by atoms with Crippen LogP contribution in [0.1, 0.15) is 44.2 Å². The molecule has 1 fully saturated rings. The van der Waals surface area contributed by atoms with E-state index in [0.29, 0.717) is 9.50 Å². The molecule has 0 aliphatic carbocycles. The summed E-state index contributed by atoms with van der Waals surface area (Å²) in [5, 5.41) is -2.58. The molecule has 2 atom stereocenters. The van der Waals surface area contributed by atoms with Gasteiger partial charge in [0.1, 0.15) is 5.01 Å². The zero-order chi connectivity index (χ0) is 24.0. The number of rotatable bonds is 4. The van der Waals surface area contributed by atoms with Gasteiger partial charge < -0.3 is 4.90 Å². The average Bonchev–Trinajstić information content (AvgIpc) is 3.28. The Kier molecular flexibility index (Phi) is 6.70. The molecule has 1 saturated heterocycles. The molecule has 0 N–H and O–H groups in total. The molecule has 174 valence electrons. The fourth-order valence-electron chi connectivity index (χ4n) is 3.89. The highest BCUT2D eigenvalue weighted by molar-refractivity contribution is 9.10. The highest BCUT2D eigenvalue weighted by Crippen LogP contribution is 2.41. The number of aryl methyl sites for hydroxylation is 1. The Labute approximate surface area is 209 Å². The molecule has 2 aromatic carbocycles. The van der Waals surface area contributed by atoms with Gasteiger partial charge in [-0.15, -0.1) is 11.3 Å². The number of amides is 1. The summed E-state index contributed by atoms with van der Waals surface area (Å²) in [6.07, 6.45) is 1.53. The summed E-state index contributed by atoms with van der Waals surface area (Å²) >= 11 is 10.4. The molecule has 0 spiro atoms. The number of thiazole rings is 1. The molecule has 0 bridgehead atoms. The van der Waals surface area contributed by atoms with E-state index in [2.05, 4.69) is 20.9 Å². The van der Waals surface area contributed by atoms with E-state index in [0.717, 1.165) is 27.3 Å². The second-order valence-corrected chi connectivity index (χ2v) is 12.7. The smallest absolute Gasteiger partial charge is 0.278 e. The maximum absolute atomic E-state index is 16.2. The minimum absolute atomic E-state index is 0.0741. The third-order valence-corrected chi connectivity index (χ3v) is 10.6. The first-order valence-corrected chi connectivity index (χ1v) is 13.8. The topological polar surface area (TPSA) is 67.3 Å². The van der Waals surface area contributed by atoms with E-state index in [1.807, 2.05) is 38.1 Å². The number of nitrogens with zero attached hydrogens (tertiary/aromatic N) is 2. The molecular weight excluding hydrogens is 551 g/mol. The zero-order valence-electron chi connectivity index (χ0n) is 17.9. The highest BCUT2D eigenvalue weighted by Gasteiger charge is 2.53. The van der Waals surface area contributed by atoms with Crippen molar-refractivity contribution in [3.05, 3.63) is 84.7 Å². The van der Waals surface area contributed by atoms with Gasteiger partial charge >= 0.3 is 0 Å². The van der Waals surface area contributed by atoms with Crippen LogP contribution in [0.4, 0.5) is 4.39 Å². The number of carbonyl (C=O) groups is 1. The maximum atomic E-state index is 16.2. The number of hydrogen-bond donors (Lipinski definition) is 0. The van der Waals surface area contributed by atoms with Gasteiger partial charge in [-0.3, -0.25) is 4.79 Å². The number of hydrogen-bond acceptors (Lipinski definition) is 5. The van der Waals surface area contributed by atoms with Gasteiger partial charge in [-0.25, -0.2) is 17.8 Å². The minimum atomic E-state index is -4.17. The maximum Gasteiger partial charge on any atom is 0.278 e. The molecule has 10 heteroatoms. The Morgan fingerprint density at radius 2 is 2.03 bits per heavy atom. The van der Waals surface area contributed by atoms with Crippen molar-refractivity contribution in [1.82, 2.24) is 9.88 Å². The molecule has 1 aromatic heterocycles. The number of sulfone groups is 1. The molecule has 0 saturated carbocycles. The van der Waals surface area contributed by atoms with Gasteiger partial charge in [0.05, 0.1) is 17.3 Å². The molecule has 1 aliphatic heterocycles. The number of alkyl halides is 1. The van der Waals surface area contributed by atoms with Gasteiger partial charge in [-0.1, -0.05) is 42.8 Å². The average molecular weight is 572 g/mol. The van der Waals surface area contributed by atoms with Gasteiger partial charge in [0.2, 0.25) is 0 Å². The predicted molar refractivity (Wildman–Crippen MR) is 132 cm³/mol. The van der Waals surface area contributed by atoms with Crippen LogP contribution in [0.5, 0.6) is 0 Å². The molecule has 1 aliphatic rings. The molecule has 0 radical (unpaired) electrons. The minimum Gasteiger partial charge on any atom is -0.333 e. The van der Waals surface area contributed by atoms with Crippen LogP contribution in [-0.2, 0) is 14.8 Å². The van der Waals surface area contributed by atoms with Crippen molar-refractivity contribution in [2.24, 2.45) is 0 Å². The molecule has 2 heterocycles. The van der Waals surface area contributed by atoms with E-state index in [4.69, 9.17) is 11.6 Å². The van der Waals surface area contributed by atoms with Crippen LogP contribution in [0, 0.1) is 6.92 Å². The Morgan fingerprint density at radius 1 is 1.30 bits per heavy atom. The Bertz CT molecular complexity index is 1330. The van der Waals surface area contributed by atoms with Gasteiger partial charge in [0.15, 0.2) is 9.84 Å². The zero-order valence-corrected chi connectivity index (χ0v) is 21.9.